The average Bonchev–Trinajstić information content (AvgIpc) is 2.39. The summed E-state index contributed by atoms with van der Waals surface area (Å²) in [6.45, 7) is 1.91. The Kier molecular flexibility index (Phi) is 4.25. The first-order valence-electron chi connectivity index (χ1n) is 5.98. The number of halogens is 2. The maximum atomic E-state index is 13.5. The molecule has 0 spiro atoms. The molecule has 5 heteroatoms. The Labute approximate surface area is 121 Å². The summed E-state index contributed by atoms with van der Waals surface area (Å²) in [5, 5.41) is 12.1. The Morgan fingerprint density at radius 3 is 2.65 bits per heavy atom. The second-order valence-electron chi connectivity index (χ2n) is 4.46. The molecule has 0 fully saturated rings. The molecule has 1 atom stereocenters. The van der Waals surface area contributed by atoms with Crippen LogP contribution in [0.2, 0.25) is 5.02 Å². The first-order chi connectivity index (χ1) is 9.47. The second-order valence-corrected chi connectivity index (χ2v) is 4.87. The van der Waals surface area contributed by atoms with E-state index in [2.05, 4.69) is 5.32 Å². The van der Waals surface area contributed by atoms with E-state index in [4.69, 9.17) is 11.6 Å². The Hall–Kier alpha value is -2.07. The monoisotopic (exact) mass is 293 g/mol. The molecule has 0 aromatic heterocycles. The Morgan fingerprint density at radius 1 is 1.30 bits per heavy atom. The standard InChI is InChI=1S/C15H13ClFNO2/c1-9-3-2-4-11(7-9)18-14(15(19)20)10-5-6-12(16)13(17)8-10/h2-8,14,18H,1H3,(H,19,20). The second kappa shape index (κ2) is 5.92. The van der Waals surface area contributed by atoms with Gasteiger partial charge in [0, 0.05) is 5.69 Å². The molecule has 0 heterocycles. The number of benzene rings is 2. The minimum Gasteiger partial charge on any atom is -0.479 e. The number of aryl methyl sites for hydroxylation is 1. The van der Waals surface area contributed by atoms with Crippen molar-refractivity contribution in [2.75, 3.05) is 5.32 Å². The van der Waals surface area contributed by atoms with Gasteiger partial charge in [-0.1, -0.05) is 29.8 Å². The zero-order chi connectivity index (χ0) is 14.7. The van der Waals surface area contributed by atoms with Crippen LogP contribution in [0, 0.1) is 12.7 Å². The molecular formula is C15H13ClFNO2. The van der Waals surface area contributed by atoms with Crippen molar-refractivity contribution in [3.05, 3.63) is 64.4 Å². The fourth-order valence-electron chi connectivity index (χ4n) is 1.88. The lowest BCUT2D eigenvalue weighted by Crippen LogP contribution is -2.20. The Balaban J connectivity index is 2.32. The van der Waals surface area contributed by atoms with Crippen LogP contribution >= 0.6 is 11.6 Å². The zero-order valence-electron chi connectivity index (χ0n) is 10.7. The van der Waals surface area contributed by atoms with E-state index >= 15 is 0 Å². The van der Waals surface area contributed by atoms with Crippen LogP contribution in [-0.2, 0) is 4.79 Å². The molecule has 104 valence electrons. The van der Waals surface area contributed by atoms with Crippen molar-refractivity contribution in [1.29, 1.82) is 0 Å². The number of rotatable bonds is 4. The molecule has 20 heavy (non-hydrogen) atoms. The summed E-state index contributed by atoms with van der Waals surface area (Å²) in [7, 11) is 0. The van der Waals surface area contributed by atoms with Crippen LogP contribution in [0.4, 0.5) is 10.1 Å². The molecule has 0 aliphatic rings. The van der Waals surface area contributed by atoms with Crippen molar-refractivity contribution in [3.8, 4) is 0 Å². The van der Waals surface area contributed by atoms with Crippen LogP contribution in [-0.4, -0.2) is 11.1 Å². The predicted octanol–water partition coefficient (Wildman–Crippen LogP) is 4.03. The van der Waals surface area contributed by atoms with Crippen molar-refractivity contribution in [2.45, 2.75) is 13.0 Å². The first-order valence-corrected chi connectivity index (χ1v) is 6.36. The summed E-state index contributed by atoms with van der Waals surface area (Å²) in [6.07, 6.45) is 0. The average molecular weight is 294 g/mol. The van der Waals surface area contributed by atoms with Crippen molar-refractivity contribution in [3.63, 3.8) is 0 Å². The molecule has 0 radical (unpaired) electrons. The summed E-state index contributed by atoms with van der Waals surface area (Å²) in [6, 6.07) is 10.2. The molecule has 2 aromatic rings. The number of hydrogen-bond acceptors (Lipinski definition) is 2. The molecule has 0 aliphatic carbocycles. The van der Waals surface area contributed by atoms with Gasteiger partial charge in [-0.2, -0.15) is 0 Å². The third kappa shape index (κ3) is 3.27. The van der Waals surface area contributed by atoms with Gasteiger partial charge in [-0.3, -0.25) is 0 Å². The van der Waals surface area contributed by atoms with Gasteiger partial charge < -0.3 is 10.4 Å². The van der Waals surface area contributed by atoms with Gasteiger partial charge in [0.15, 0.2) is 6.04 Å². The van der Waals surface area contributed by atoms with Crippen LogP contribution in [0.15, 0.2) is 42.5 Å². The third-order valence-electron chi connectivity index (χ3n) is 2.85. The lowest BCUT2D eigenvalue weighted by atomic mass is 10.1. The molecule has 0 aliphatic heterocycles. The van der Waals surface area contributed by atoms with Gasteiger partial charge in [-0.15, -0.1) is 0 Å². The van der Waals surface area contributed by atoms with E-state index in [1.807, 2.05) is 25.1 Å². The van der Waals surface area contributed by atoms with E-state index in [1.165, 1.54) is 12.1 Å². The van der Waals surface area contributed by atoms with Gasteiger partial charge >= 0.3 is 5.97 Å². The predicted molar refractivity (Wildman–Crippen MR) is 76.6 cm³/mol. The molecular weight excluding hydrogens is 281 g/mol. The number of carboxylic acid groups (broad SMARTS) is 1. The number of carbonyl (C=O) groups is 1. The SMILES string of the molecule is Cc1cccc(NC(C(=O)O)c2ccc(Cl)c(F)c2)c1. The van der Waals surface area contributed by atoms with Crippen LogP contribution in [0.1, 0.15) is 17.2 Å². The number of carboxylic acids is 1. The van der Waals surface area contributed by atoms with Gasteiger partial charge in [0.25, 0.3) is 0 Å². The van der Waals surface area contributed by atoms with E-state index < -0.39 is 17.8 Å². The third-order valence-corrected chi connectivity index (χ3v) is 3.16. The number of hydrogen-bond donors (Lipinski definition) is 2. The van der Waals surface area contributed by atoms with Gasteiger partial charge in [-0.25, -0.2) is 9.18 Å². The van der Waals surface area contributed by atoms with Crippen molar-refractivity contribution >= 4 is 23.3 Å². The molecule has 0 bridgehead atoms. The number of nitrogens with one attached hydrogen (secondary N) is 1. The van der Waals surface area contributed by atoms with E-state index in [9.17, 15) is 14.3 Å². The zero-order valence-corrected chi connectivity index (χ0v) is 11.5. The molecule has 2 N–H and O–H groups in total. The highest BCUT2D eigenvalue weighted by molar-refractivity contribution is 6.30. The molecule has 0 saturated carbocycles. The quantitative estimate of drug-likeness (QED) is 0.895. The molecule has 3 nitrogen and oxygen atoms in total. The van der Waals surface area contributed by atoms with Crippen LogP contribution < -0.4 is 5.32 Å². The fraction of sp³-hybridized carbons (Fsp3) is 0.133. The van der Waals surface area contributed by atoms with E-state index in [0.717, 1.165) is 11.6 Å². The molecule has 0 amide bonds. The van der Waals surface area contributed by atoms with E-state index in [0.29, 0.717) is 11.3 Å². The lowest BCUT2D eigenvalue weighted by molar-refractivity contribution is -0.138. The van der Waals surface area contributed by atoms with Gasteiger partial charge in [0.05, 0.1) is 5.02 Å². The number of aliphatic carboxylic acids is 1. The number of anilines is 1. The fourth-order valence-corrected chi connectivity index (χ4v) is 2.00. The summed E-state index contributed by atoms with van der Waals surface area (Å²) in [5.41, 5.74) is 1.97. The van der Waals surface area contributed by atoms with Gasteiger partial charge in [-0.05, 0) is 42.3 Å². The largest absolute Gasteiger partial charge is 0.479 e. The lowest BCUT2D eigenvalue weighted by Gasteiger charge is -2.17. The molecule has 2 aromatic carbocycles. The van der Waals surface area contributed by atoms with Crippen LogP contribution in [0.3, 0.4) is 0 Å². The Morgan fingerprint density at radius 2 is 2.05 bits per heavy atom. The summed E-state index contributed by atoms with van der Waals surface area (Å²) in [5.74, 6) is -1.73. The minimum absolute atomic E-state index is 0.0338. The summed E-state index contributed by atoms with van der Waals surface area (Å²) in [4.78, 5) is 11.4. The molecule has 1 unspecified atom stereocenters. The van der Waals surface area contributed by atoms with Crippen molar-refractivity contribution in [1.82, 2.24) is 0 Å². The smallest absolute Gasteiger partial charge is 0.330 e. The van der Waals surface area contributed by atoms with E-state index in [-0.39, 0.29) is 5.02 Å². The van der Waals surface area contributed by atoms with E-state index in [1.54, 1.807) is 6.07 Å². The minimum atomic E-state index is -1.09. The molecule has 0 saturated heterocycles. The summed E-state index contributed by atoms with van der Waals surface area (Å²) >= 11 is 5.60. The normalized spacial score (nSPS) is 11.9. The first kappa shape index (κ1) is 14.3. The van der Waals surface area contributed by atoms with Crippen molar-refractivity contribution in [2.24, 2.45) is 0 Å². The maximum absolute atomic E-state index is 13.5. The topological polar surface area (TPSA) is 49.3 Å². The van der Waals surface area contributed by atoms with Gasteiger partial charge in [0.2, 0.25) is 0 Å². The summed E-state index contributed by atoms with van der Waals surface area (Å²) < 4.78 is 13.5. The molecule has 2 rings (SSSR count). The van der Waals surface area contributed by atoms with Gasteiger partial charge in [0.1, 0.15) is 5.82 Å². The highest BCUT2D eigenvalue weighted by atomic mass is 35.5. The Bertz CT molecular complexity index is 646. The van der Waals surface area contributed by atoms with Crippen molar-refractivity contribution < 1.29 is 14.3 Å². The van der Waals surface area contributed by atoms with Crippen LogP contribution in [0.5, 0.6) is 0 Å². The highest BCUT2D eigenvalue weighted by Crippen LogP contribution is 2.24. The van der Waals surface area contributed by atoms with Crippen LogP contribution in [0.25, 0.3) is 0 Å². The highest BCUT2D eigenvalue weighted by Gasteiger charge is 2.20. The maximum Gasteiger partial charge on any atom is 0.330 e.